The summed E-state index contributed by atoms with van der Waals surface area (Å²) in [6.07, 6.45) is 1.79. The number of rotatable bonds is 6. The average molecular weight is 236 g/mol. The van der Waals surface area contributed by atoms with E-state index in [2.05, 4.69) is 0 Å². The van der Waals surface area contributed by atoms with Crippen molar-refractivity contribution in [3.8, 4) is 5.75 Å². The molecule has 1 aliphatic rings. The summed E-state index contributed by atoms with van der Waals surface area (Å²) in [6, 6.07) is 7.59. The quantitative estimate of drug-likeness (QED) is 0.822. The predicted octanol–water partition coefficient (Wildman–Crippen LogP) is 2.22. The highest BCUT2D eigenvalue weighted by Gasteiger charge is 2.45. The first kappa shape index (κ1) is 11.9. The van der Waals surface area contributed by atoms with Crippen LogP contribution in [0, 0.1) is 0 Å². The van der Waals surface area contributed by atoms with Crippen LogP contribution in [0.4, 0.5) is 0 Å². The van der Waals surface area contributed by atoms with Gasteiger partial charge in [-0.3, -0.25) is 4.79 Å². The molecule has 0 heterocycles. The number of carbonyl (C=O) groups is 1. The lowest BCUT2D eigenvalue weighted by atomic mass is 10.2. The molecule has 0 saturated heterocycles. The van der Waals surface area contributed by atoms with Gasteiger partial charge in [0.25, 0.3) is 0 Å². The maximum atomic E-state index is 10.7. The molecule has 0 bridgehead atoms. The molecule has 0 aliphatic heterocycles. The highest BCUT2D eigenvalue weighted by molar-refractivity contribution is 5.68. The molecule has 4 heteroatoms. The Morgan fingerprint density at radius 1 is 1.35 bits per heavy atom. The minimum atomic E-state index is -0.794. The molecular weight excluding hydrogens is 220 g/mol. The van der Waals surface area contributed by atoms with Crippen LogP contribution < -0.4 is 4.74 Å². The molecule has 0 unspecified atom stereocenters. The van der Waals surface area contributed by atoms with Crippen molar-refractivity contribution in [2.75, 3.05) is 7.11 Å². The van der Waals surface area contributed by atoms with Crippen LogP contribution in [0.25, 0.3) is 0 Å². The van der Waals surface area contributed by atoms with E-state index in [-0.39, 0.29) is 6.42 Å². The second-order valence-corrected chi connectivity index (χ2v) is 4.39. The zero-order valence-electron chi connectivity index (χ0n) is 9.81. The van der Waals surface area contributed by atoms with Gasteiger partial charge in [0.05, 0.1) is 25.7 Å². The first-order valence-corrected chi connectivity index (χ1v) is 5.62. The van der Waals surface area contributed by atoms with Crippen LogP contribution in [-0.2, 0) is 16.1 Å². The summed E-state index contributed by atoms with van der Waals surface area (Å²) in [5.41, 5.74) is 0.619. The molecule has 0 atom stereocenters. The molecular formula is C13H16O4. The molecule has 0 spiro atoms. The lowest BCUT2D eigenvalue weighted by Gasteiger charge is -2.14. The van der Waals surface area contributed by atoms with Crippen LogP contribution in [0.3, 0.4) is 0 Å². The Labute approximate surface area is 100 Å². The van der Waals surface area contributed by atoms with Crippen molar-refractivity contribution in [2.45, 2.75) is 31.5 Å². The zero-order chi connectivity index (χ0) is 12.3. The topological polar surface area (TPSA) is 55.8 Å². The van der Waals surface area contributed by atoms with E-state index < -0.39 is 11.6 Å². The van der Waals surface area contributed by atoms with E-state index in [1.54, 1.807) is 7.11 Å². The molecule has 17 heavy (non-hydrogen) atoms. The molecule has 1 fully saturated rings. The van der Waals surface area contributed by atoms with Gasteiger partial charge in [-0.1, -0.05) is 12.1 Å². The monoisotopic (exact) mass is 236 g/mol. The fourth-order valence-electron chi connectivity index (χ4n) is 1.75. The normalized spacial score (nSPS) is 16.5. The van der Waals surface area contributed by atoms with Gasteiger partial charge >= 0.3 is 5.97 Å². The van der Waals surface area contributed by atoms with Crippen molar-refractivity contribution in [3.05, 3.63) is 29.8 Å². The van der Waals surface area contributed by atoms with Gasteiger partial charge in [-0.2, -0.15) is 0 Å². The summed E-state index contributed by atoms with van der Waals surface area (Å²) in [5, 5.41) is 8.76. The average Bonchev–Trinajstić information content (AvgIpc) is 3.06. The predicted molar refractivity (Wildman–Crippen MR) is 62.0 cm³/mol. The number of hydrogen-bond acceptors (Lipinski definition) is 3. The van der Waals surface area contributed by atoms with Gasteiger partial charge in [-0.05, 0) is 30.5 Å². The maximum Gasteiger partial charge on any atom is 0.306 e. The lowest BCUT2D eigenvalue weighted by molar-refractivity contribution is -0.141. The minimum absolute atomic E-state index is 0.100. The number of aliphatic carboxylic acids is 1. The Hall–Kier alpha value is -1.55. The molecule has 0 radical (unpaired) electrons. The third kappa shape index (κ3) is 3.20. The van der Waals surface area contributed by atoms with E-state index in [1.807, 2.05) is 24.3 Å². The summed E-state index contributed by atoms with van der Waals surface area (Å²) >= 11 is 0. The molecule has 2 rings (SSSR count). The standard InChI is InChI=1S/C13H16O4/c1-16-11-4-2-10(3-5-11)9-17-13(6-7-13)8-12(14)15/h2-5H,6-9H2,1H3,(H,14,15). The van der Waals surface area contributed by atoms with Crippen LogP contribution in [-0.4, -0.2) is 23.8 Å². The van der Waals surface area contributed by atoms with Crippen molar-refractivity contribution >= 4 is 5.97 Å². The molecule has 92 valence electrons. The number of benzene rings is 1. The molecule has 1 aromatic rings. The van der Waals surface area contributed by atoms with E-state index >= 15 is 0 Å². The Balaban J connectivity index is 1.87. The molecule has 0 amide bonds. The highest BCUT2D eigenvalue weighted by Crippen LogP contribution is 2.43. The minimum Gasteiger partial charge on any atom is -0.497 e. The molecule has 1 aliphatic carbocycles. The second kappa shape index (κ2) is 4.75. The Morgan fingerprint density at radius 2 is 2.00 bits per heavy atom. The van der Waals surface area contributed by atoms with Crippen LogP contribution in [0.2, 0.25) is 0 Å². The maximum absolute atomic E-state index is 10.7. The van der Waals surface area contributed by atoms with Gasteiger partial charge in [0, 0.05) is 0 Å². The first-order chi connectivity index (χ1) is 8.13. The van der Waals surface area contributed by atoms with E-state index in [9.17, 15) is 4.79 Å². The van der Waals surface area contributed by atoms with Crippen molar-refractivity contribution < 1.29 is 19.4 Å². The fraction of sp³-hybridized carbons (Fsp3) is 0.462. The van der Waals surface area contributed by atoms with E-state index in [4.69, 9.17) is 14.6 Å². The first-order valence-electron chi connectivity index (χ1n) is 5.62. The van der Waals surface area contributed by atoms with Crippen LogP contribution >= 0.6 is 0 Å². The third-order valence-corrected chi connectivity index (χ3v) is 2.99. The van der Waals surface area contributed by atoms with E-state index in [1.165, 1.54) is 0 Å². The number of carboxylic acid groups (broad SMARTS) is 1. The van der Waals surface area contributed by atoms with Gasteiger partial charge in [-0.25, -0.2) is 0 Å². The lowest BCUT2D eigenvalue weighted by Crippen LogP contribution is -2.18. The molecule has 1 N–H and O–H groups in total. The van der Waals surface area contributed by atoms with Crippen molar-refractivity contribution in [1.82, 2.24) is 0 Å². The van der Waals surface area contributed by atoms with Gasteiger partial charge in [0.2, 0.25) is 0 Å². The van der Waals surface area contributed by atoms with Crippen LogP contribution in [0.1, 0.15) is 24.8 Å². The van der Waals surface area contributed by atoms with E-state index in [0.29, 0.717) is 6.61 Å². The van der Waals surface area contributed by atoms with E-state index in [0.717, 1.165) is 24.2 Å². The highest BCUT2D eigenvalue weighted by atomic mass is 16.5. The summed E-state index contributed by atoms with van der Waals surface area (Å²) < 4.78 is 10.8. The number of carboxylic acids is 1. The van der Waals surface area contributed by atoms with Gasteiger partial charge in [-0.15, -0.1) is 0 Å². The summed E-state index contributed by atoms with van der Waals surface area (Å²) in [6.45, 7) is 0.456. The molecule has 1 aromatic carbocycles. The van der Waals surface area contributed by atoms with Gasteiger partial charge < -0.3 is 14.6 Å². The number of hydrogen-bond donors (Lipinski definition) is 1. The van der Waals surface area contributed by atoms with Gasteiger partial charge in [0.15, 0.2) is 0 Å². The van der Waals surface area contributed by atoms with Gasteiger partial charge in [0.1, 0.15) is 5.75 Å². The zero-order valence-corrected chi connectivity index (χ0v) is 9.81. The van der Waals surface area contributed by atoms with Crippen LogP contribution in [0.15, 0.2) is 24.3 Å². The van der Waals surface area contributed by atoms with Crippen molar-refractivity contribution in [3.63, 3.8) is 0 Å². The largest absolute Gasteiger partial charge is 0.497 e. The fourth-order valence-corrected chi connectivity index (χ4v) is 1.75. The molecule has 0 aromatic heterocycles. The second-order valence-electron chi connectivity index (χ2n) is 4.39. The Kier molecular flexibility index (Phi) is 3.33. The summed E-state index contributed by atoms with van der Waals surface area (Å²) in [7, 11) is 1.62. The Bertz CT molecular complexity index is 392. The van der Waals surface area contributed by atoms with Crippen LogP contribution in [0.5, 0.6) is 5.75 Å². The number of ether oxygens (including phenoxy) is 2. The smallest absolute Gasteiger partial charge is 0.306 e. The molecule has 4 nitrogen and oxygen atoms in total. The number of methoxy groups -OCH3 is 1. The van der Waals surface area contributed by atoms with Crippen molar-refractivity contribution in [1.29, 1.82) is 0 Å². The van der Waals surface area contributed by atoms with Crippen molar-refractivity contribution in [2.24, 2.45) is 0 Å². The SMILES string of the molecule is COc1ccc(COC2(CC(=O)O)CC2)cc1. The summed E-state index contributed by atoms with van der Waals surface area (Å²) in [4.78, 5) is 10.7. The Morgan fingerprint density at radius 3 is 2.47 bits per heavy atom. The third-order valence-electron chi connectivity index (χ3n) is 2.99. The summed E-state index contributed by atoms with van der Waals surface area (Å²) in [5.74, 6) is 0.0117. The molecule has 1 saturated carbocycles.